The van der Waals surface area contributed by atoms with E-state index in [2.05, 4.69) is 18.7 Å². The van der Waals surface area contributed by atoms with Gasteiger partial charge in [0.2, 0.25) is 0 Å². The van der Waals surface area contributed by atoms with Crippen LogP contribution in [0, 0.1) is 0 Å². The molecule has 1 aromatic rings. The van der Waals surface area contributed by atoms with E-state index in [1.165, 1.54) is 0 Å². The Morgan fingerprint density at radius 3 is 2.37 bits per heavy atom. The van der Waals surface area contributed by atoms with E-state index in [4.69, 9.17) is 10.5 Å². The van der Waals surface area contributed by atoms with Crippen molar-refractivity contribution < 1.29 is 9.53 Å². The minimum Gasteiger partial charge on any atom is -0.495 e. The molecule has 0 fully saturated rings. The van der Waals surface area contributed by atoms with Crippen LogP contribution in [0.2, 0.25) is 0 Å². The molecule has 19 heavy (non-hydrogen) atoms. The molecule has 1 aromatic carbocycles. The summed E-state index contributed by atoms with van der Waals surface area (Å²) in [6.45, 7) is 6.60. The van der Waals surface area contributed by atoms with Gasteiger partial charge in [-0.3, -0.25) is 9.69 Å². The summed E-state index contributed by atoms with van der Waals surface area (Å²) < 4.78 is 5.09. The summed E-state index contributed by atoms with van der Waals surface area (Å²) in [5, 5.41) is 0. The molecule has 0 atom stereocenters. The second-order valence-electron chi connectivity index (χ2n) is 4.66. The molecule has 2 N–H and O–H groups in total. The van der Waals surface area contributed by atoms with Crippen molar-refractivity contribution in [3.63, 3.8) is 0 Å². The summed E-state index contributed by atoms with van der Waals surface area (Å²) in [4.78, 5) is 14.4. The maximum atomic E-state index is 12.2. The molecule has 0 aliphatic heterocycles. The van der Waals surface area contributed by atoms with Crippen molar-refractivity contribution in [2.24, 2.45) is 0 Å². The van der Waals surface area contributed by atoms with Crippen molar-refractivity contribution in [3.8, 4) is 5.75 Å². The molecule has 0 aliphatic rings. The first-order valence-corrected chi connectivity index (χ1v) is 6.81. The van der Waals surface area contributed by atoms with Gasteiger partial charge in [0, 0.05) is 5.56 Å². The summed E-state index contributed by atoms with van der Waals surface area (Å²) in [6.07, 6.45) is 2.11. The van der Waals surface area contributed by atoms with Crippen LogP contribution in [0.15, 0.2) is 18.2 Å². The van der Waals surface area contributed by atoms with Crippen molar-refractivity contribution in [2.45, 2.75) is 26.7 Å². The third-order valence-corrected chi connectivity index (χ3v) is 3.00. The van der Waals surface area contributed by atoms with E-state index in [1.807, 2.05) is 0 Å². The maximum Gasteiger partial charge on any atom is 0.176 e. The average Bonchev–Trinajstić information content (AvgIpc) is 2.39. The van der Waals surface area contributed by atoms with Crippen LogP contribution in [0.5, 0.6) is 5.75 Å². The smallest absolute Gasteiger partial charge is 0.176 e. The first-order chi connectivity index (χ1) is 9.12. The molecule has 106 valence electrons. The number of nitrogens with two attached hydrogens (primary N) is 1. The highest BCUT2D eigenvalue weighted by molar-refractivity contribution is 5.98. The van der Waals surface area contributed by atoms with Crippen molar-refractivity contribution in [1.29, 1.82) is 0 Å². The van der Waals surface area contributed by atoms with Crippen molar-refractivity contribution in [3.05, 3.63) is 23.8 Å². The molecule has 0 spiro atoms. The molecule has 0 heterocycles. The Hall–Kier alpha value is -1.55. The van der Waals surface area contributed by atoms with Gasteiger partial charge in [0.15, 0.2) is 5.78 Å². The fourth-order valence-electron chi connectivity index (χ4n) is 2.10. The monoisotopic (exact) mass is 264 g/mol. The summed E-state index contributed by atoms with van der Waals surface area (Å²) in [7, 11) is 1.57. The highest BCUT2D eigenvalue weighted by atomic mass is 16.5. The third kappa shape index (κ3) is 4.56. The van der Waals surface area contributed by atoms with Gasteiger partial charge in [-0.2, -0.15) is 0 Å². The lowest BCUT2D eigenvalue weighted by molar-refractivity contribution is 0.0930. The van der Waals surface area contributed by atoms with Crippen LogP contribution >= 0.6 is 0 Å². The van der Waals surface area contributed by atoms with Crippen molar-refractivity contribution >= 4 is 11.5 Å². The quantitative estimate of drug-likeness (QED) is 0.579. The van der Waals surface area contributed by atoms with Crippen LogP contribution in [0.4, 0.5) is 5.69 Å². The summed E-state index contributed by atoms with van der Waals surface area (Å²) in [5.41, 5.74) is 6.98. The van der Waals surface area contributed by atoms with E-state index >= 15 is 0 Å². The minimum atomic E-state index is 0.108. The van der Waals surface area contributed by atoms with E-state index in [0.29, 0.717) is 23.5 Å². The minimum absolute atomic E-state index is 0.108. The number of methoxy groups -OCH3 is 1. The van der Waals surface area contributed by atoms with Gasteiger partial charge in [-0.15, -0.1) is 0 Å². The van der Waals surface area contributed by atoms with E-state index in [1.54, 1.807) is 25.3 Å². The van der Waals surface area contributed by atoms with Gasteiger partial charge in [-0.25, -0.2) is 0 Å². The molecular weight excluding hydrogens is 240 g/mol. The predicted molar refractivity (Wildman–Crippen MR) is 78.8 cm³/mol. The molecule has 0 saturated heterocycles. The van der Waals surface area contributed by atoms with Crippen LogP contribution in [0.3, 0.4) is 0 Å². The zero-order valence-corrected chi connectivity index (χ0v) is 12.1. The van der Waals surface area contributed by atoms with Crippen LogP contribution < -0.4 is 10.5 Å². The molecule has 4 heteroatoms. The fourth-order valence-corrected chi connectivity index (χ4v) is 2.10. The van der Waals surface area contributed by atoms with Gasteiger partial charge in [0.25, 0.3) is 0 Å². The number of anilines is 1. The zero-order valence-electron chi connectivity index (χ0n) is 12.1. The van der Waals surface area contributed by atoms with Crippen molar-refractivity contribution in [2.75, 3.05) is 32.5 Å². The van der Waals surface area contributed by atoms with Gasteiger partial charge in [-0.05, 0) is 44.1 Å². The first kappa shape index (κ1) is 15.5. The highest BCUT2D eigenvalue weighted by Gasteiger charge is 2.12. The Morgan fingerprint density at radius 2 is 1.89 bits per heavy atom. The topological polar surface area (TPSA) is 55.6 Å². The SMILES string of the molecule is CCCN(CCC)CC(=O)c1ccc(OC)c(N)c1. The molecule has 4 nitrogen and oxygen atoms in total. The summed E-state index contributed by atoms with van der Waals surface area (Å²) in [6, 6.07) is 5.21. The third-order valence-electron chi connectivity index (χ3n) is 3.00. The van der Waals surface area contributed by atoms with Crippen LogP contribution in [0.25, 0.3) is 0 Å². The van der Waals surface area contributed by atoms with Gasteiger partial charge in [-0.1, -0.05) is 13.8 Å². The van der Waals surface area contributed by atoms with E-state index in [9.17, 15) is 4.79 Å². The fraction of sp³-hybridized carbons (Fsp3) is 0.533. The second kappa shape index (κ2) is 7.79. The van der Waals surface area contributed by atoms with E-state index in [-0.39, 0.29) is 5.78 Å². The molecule has 0 radical (unpaired) electrons. The molecular formula is C15H24N2O2. The lowest BCUT2D eigenvalue weighted by atomic mass is 10.1. The Labute approximate surface area is 115 Å². The molecule has 0 saturated carbocycles. The number of nitrogen functional groups attached to an aromatic ring is 1. The Bertz CT molecular complexity index is 413. The molecule has 0 aromatic heterocycles. The Kier molecular flexibility index (Phi) is 6.36. The van der Waals surface area contributed by atoms with Gasteiger partial charge in [0.1, 0.15) is 5.75 Å². The average molecular weight is 264 g/mol. The Balaban J connectivity index is 2.73. The summed E-state index contributed by atoms with van der Waals surface area (Å²) in [5.74, 6) is 0.715. The molecule has 1 rings (SSSR count). The van der Waals surface area contributed by atoms with Crippen LogP contribution in [-0.4, -0.2) is 37.4 Å². The van der Waals surface area contributed by atoms with Crippen LogP contribution in [-0.2, 0) is 0 Å². The predicted octanol–water partition coefficient (Wildman–Crippen LogP) is 2.58. The van der Waals surface area contributed by atoms with Crippen molar-refractivity contribution in [1.82, 2.24) is 4.90 Å². The number of nitrogens with zero attached hydrogens (tertiary/aromatic N) is 1. The van der Waals surface area contributed by atoms with Gasteiger partial charge < -0.3 is 10.5 Å². The number of rotatable bonds is 8. The number of hydrogen-bond donors (Lipinski definition) is 1. The number of Topliss-reactive ketones (excluding diaryl/α,β-unsaturated/α-hetero) is 1. The number of ether oxygens (including phenoxy) is 1. The van der Waals surface area contributed by atoms with E-state index < -0.39 is 0 Å². The van der Waals surface area contributed by atoms with Gasteiger partial charge in [0.05, 0.1) is 19.3 Å². The van der Waals surface area contributed by atoms with Gasteiger partial charge >= 0.3 is 0 Å². The molecule has 0 aliphatic carbocycles. The number of ketones is 1. The number of carbonyl (C=O) groups excluding carboxylic acids is 1. The zero-order chi connectivity index (χ0) is 14.3. The molecule has 0 amide bonds. The number of hydrogen-bond acceptors (Lipinski definition) is 4. The Morgan fingerprint density at radius 1 is 1.26 bits per heavy atom. The number of carbonyl (C=O) groups is 1. The summed E-state index contributed by atoms with van der Waals surface area (Å²) >= 11 is 0. The maximum absolute atomic E-state index is 12.2. The lowest BCUT2D eigenvalue weighted by Gasteiger charge is -2.20. The molecule has 0 unspecified atom stereocenters. The standard InChI is InChI=1S/C15H24N2O2/c1-4-8-17(9-5-2)11-14(18)12-6-7-15(19-3)13(16)10-12/h6-7,10H,4-5,8-9,11,16H2,1-3H3. The lowest BCUT2D eigenvalue weighted by Crippen LogP contribution is -2.31. The second-order valence-corrected chi connectivity index (χ2v) is 4.66. The number of benzene rings is 1. The largest absolute Gasteiger partial charge is 0.495 e. The van der Waals surface area contributed by atoms with Crippen LogP contribution in [0.1, 0.15) is 37.0 Å². The normalized spacial score (nSPS) is 10.7. The van der Waals surface area contributed by atoms with E-state index in [0.717, 1.165) is 25.9 Å². The first-order valence-electron chi connectivity index (χ1n) is 6.81. The molecule has 0 bridgehead atoms. The highest BCUT2D eigenvalue weighted by Crippen LogP contribution is 2.22.